The molecule has 0 bridgehead atoms. The second-order valence-electron chi connectivity index (χ2n) is 4.68. The summed E-state index contributed by atoms with van der Waals surface area (Å²) in [6.45, 7) is 8.67. The molecule has 1 rings (SSSR count). The van der Waals surface area contributed by atoms with E-state index in [1.54, 1.807) is 11.3 Å². The fourth-order valence-corrected chi connectivity index (χ4v) is 2.41. The molecule has 0 saturated heterocycles. The van der Waals surface area contributed by atoms with Gasteiger partial charge in [0, 0.05) is 23.7 Å². The van der Waals surface area contributed by atoms with Crippen molar-refractivity contribution < 1.29 is 4.79 Å². The molecule has 0 saturated carbocycles. The van der Waals surface area contributed by atoms with Crippen LogP contribution in [-0.2, 0) is 11.3 Å². The van der Waals surface area contributed by atoms with Gasteiger partial charge in [-0.05, 0) is 27.2 Å². The average molecular weight is 269 g/mol. The van der Waals surface area contributed by atoms with Crippen LogP contribution in [0.3, 0.4) is 0 Å². The smallest absolute Gasteiger partial charge is 0.237 e. The van der Waals surface area contributed by atoms with E-state index in [4.69, 9.17) is 0 Å². The van der Waals surface area contributed by atoms with Crippen LogP contribution in [0.1, 0.15) is 44.3 Å². The molecule has 0 aliphatic carbocycles. The van der Waals surface area contributed by atoms with E-state index in [0.29, 0.717) is 6.54 Å². The lowest BCUT2D eigenvalue weighted by Gasteiger charge is -2.17. The topological polar surface area (TPSA) is 54.0 Å². The van der Waals surface area contributed by atoms with Crippen LogP contribution in [0.4, 0.5) is 0 Å². The minimum Gasteiger partial charge on any atom is -0.352 e. The molecular weight excluding hydrogens is 246 g/mol. The zero-order valence-corrected chi connectivity index (χ0v) is 12.4. The molecule has 2 N–H and O–H groups in total. The van der Waals surface area contributed by atoms with Gasteiger partial charge in [0.05, 0.1) is 6.04 Å². The molecular formula is C13H23N3OS. The average Bonchev–Trinajstić information content (AvgIpc) is 2.72. The summed E-state index contributed by atoms with van der Waals surface area (Å²) in [6, 6.07) is 0.0577. The summed E-state index contributed by atoms with van der Waals surface area (Å²) in [6.07, 6.45) is 2.10. The van der Waals surface area contributed by atoms with Crippen LogP contribution in [-0.4, -0.2) is 23.0 Å². The SMILES string of the molecule is CCCC(C)NC(=O)C(C)NCc1nc(C)cs1. The Bertz CT molecular complexity index is 378. The van der Waals surface area contributed by atoms with Crippen molar-refractivity contribution >= 4 is 17.2 Å². The van der Waals surface area contributed by atoms with E-state index in [-0.39, 0.29) is 18.0 Å². The molecule has 0 radical (unpaired) electrons. The zero-order chi connectivity index (χ0) is 13.5. The summed E-state index contributed by atoms with van der Waals surface area (Å²) in [5.41, 5.74) is 1.03. The number of aryl methyl sites for hydroxylation is 1. The largest absolute Gasteiger partial charge is 0.352 e. The van der Waals surface area contributed by atoms with Crippen molar-refractivity contribution in [2.24, 2.45) is 0 Å². The number of rotatable bonds is 7. The van der Waals surface area contributed by atoms with Crippen LogP contribution < -0.4 is 10.6 Å². The minimum atomic E-state index is -0.187. The fourth-order valence-electron chi connectivity index (χ4n) is 1.69. The number of carbonyl (C=O) groups excluding carboxylic acids is 1. The van der Waals surface area contributed by atoms with Crippen LogP contribution in [0.5, 0.6) is 0 Å². The third-order valence-corrected chi connectivity index (χ3v) is 3.70. The lowest BCUT2D eigenvalue weighted by molar-refractivity contribution is -0.123. The summed E-state index contributed by atoms with van der Waals surface area (Å²) in [7, 11) is 0. The Morgan fingerprint density at radius 1 is 1.50 bits per heavy atom. The number of hydrogen-bond donors (Lipinski definition) is 2. The van der Waals surface area contributed by atoms with E-state index in [9.17, 15) is 4.79 Å². The van der Waals surface area contributed by atoms with Crippen molar-refractivity contribution in [3.05, 3.63) is 16.1 Å². The number of aromatic nitrogens is 1. The van der Waals surface area contributed by atoms with Crippen LogP contribution >= 0.6 is 11.3 Å². The highest BCUT2D eigenvalue weighted by Gasteiger charge is 2.14. The van der Waals surface area contributed by atoms with Gasteiger partial charge in [-0.15, -0.1) is 11.3 Å². The Morgan fingerprint density at radius 2 is 2.22 bits per heavy atom. The van der Waals surface area contributed by atoms with Crippen molar-refractivity contribution in [2.45, 2.75) is 59.2 Å². The quantitative estimate of drug-likeness (QED) is 0.798. The van der Waals surface area contributed by atoms with Crippen molar-refractivity contribution in [3.63, 3.8) is 0 Å². The Kier molecular flexibility index (Phi) is 6.29. The van der Waals surface area contributed by atoms with E-state index in [1.807, 2.05) is 26.2 Å². The van der Waals surface area contributed by atoms with E-state index in [2.05, 4.69) is 22.5 Å². The predicted molar refractivity (Wildman–Crippen MR) is 75.7 cm³/mol. The highest BCUT2D eigenvalue weighted by Crippen LogP contribution is 2.08. The highest BCUT2D eigenvalue weighted by atomic mass is 32.1. The number of thiazole rings is 1. The minimum absolute atomic E-state index is 0.0595. The Labute approximate surface area is 113 Å². The van der Waals surface area contributed by atoms with Crippen LogP contribution in [0.15, 0.2) is 5.38 Å². The second kappa shape index (κ2) is 7.48. The van der Waals surface area contributed by atoms with E-state index < -0.39 is 0 Å². The van der Waals surface area contributed by atoms with E-state index in [0.717, 1.165) is 23.5 Å². The normalized spacial score (nSPS) is 14.2. The van der Waals surface area contributed by atoms with Gasteiger partial charge in [-0.1, -0.05) is 13.3 Å². The molecule has 1 heterocycles. The van der Waals surface area contributed by atoms with Crippen molar-refractivity contribution in [1.82, 2.24) is 15.6 Å². The van der Waals surface area contributed by atoms with E-state index >= 15 is 0 Å². The van der Waals surface area contributed by atoms with Gasteiger partial charge in [-0.3, -0.25) is 10.1 Å². The Hall–Kier alpha value is -0.940. The summed E-state index contributed by atoms with van der Waals surface area (Å²) in [5, 5.41) is 9.24. The molecule has 5 heteroatoms. The Balaban J connectivity index is 2.31. The first-order valence-corrected chi connectivity index (χ1v) is 7.35. The predicted octanol–water partition coefficient (Wildman–Crippen LogP) is 2.23. The first-order chi connectivity index (χ1) is 8.52. The molecule has 0 spiro atoms. The third-order valence-electron chi connectivity index (χ3n) is 2.73. The monoisotopic (exact) mass is 269 g/mol. The van der Waals surface area contributed by atoms with Gasteiger partial charge < -0.3 is 5.32 Å². The molecule has 1 amide bonds. The molecule has 0 aliphatic heterocycles. The lowest BCUT2D eigenvalue weighted by atomic mass is 10.2. The number of hydrogen-bond acceptors (Lipinski definition) is 4. The highest BCUT2D eigenvalue weighted by molar-refractivity contribution is 7.09. The summed E-state index contributed by atoms with van der Waals surface area (Å²) < 4.78 is 0. The number of carbonyl (C=O) groups is 1. The van der Waals surface area contributed by atoms with Gasteiger partial charge in [0.2, 0.25) is 5.91 Å². The molecule has 4 nitrogen and oxygen atoms in total. The summed E-state index contributed by atoms with van der Waals surface area (Å²) >= 11 is 1.62. The van der Waals surface area contributed by atoms with Gasteiger partial charge in [0.25, 0.3) is 0 Å². The van der Waals surface area contributed by atoms with Crippen molar-refractivity contribution in [3.8, 4) is 0 Å². The van der Waals surface area contributed by atoms with Gasteiger partial charge in [-0.2, -0.15) is 0 Å². The summed E-state index contributed by atoms with van der Waals surface area (Å²) in [5.74, 6) is 0.0595. The number of nitrogens with one attached hydrogen (secondary N) is 2. The van der Waals surface area contributed by atoms with Crippen molar-refractivity contribution in [1.29, 1.82) is 0 Å². The van der Waals surface area contributed by atoms with Gasteiger partial charge >= 0.3 is 0 Å². The van der Waals surface area contributed by atoms with Gasteiger partial charge in [0.1, 0.15) is 5.01 Å². The standard InChI is InChI=1S/C13H23N3OS/c1-5-6-9(2)16-13(17)11(4)14-7-12-15-10(3)8-18-12/h8-9,11,14H,5-7H2,1-4H3,(H,16,17). The maximum Gasteiger partial charge on any atom is 0.237 e. The van der Waals surface area contributed by atoms with Gasteiger partial charge in [-0.25, -0.2) is 4.98 Å². The maximum atomic E-state index is 11.9. The Morgan fingerprint density at radius 3 is 2.78 bits per heavy atom. The third kappa shape index (κ3) is 5.14. The fraction of sp³-hybridized carbons (Fsp3) is 0.692. The maximum absolute atomic E-state index is 11.9. The lowest BCUT2D eigenvalue weighted by Crippen LogP contribution is -2.45. The molecule has 1 aromatic heterocycles. The van der Waals surface area contributed by atoms with Crippen LogP contribution in [0.2, 0.25) is 0 Å². The molecule has 102 valence electrons. The first-order valence-electron chi connectivity index (χ1n) is 6.47. The van der Waals surface area contributed by atoms with Crippen LogP contribution in [0, 0.1) is 6.92 Å². The van der Waals surface area contributed by atoms with Crippen molar-refractivity contribution in [2.75, 3.05) is 0 Å². The molecule has 0 aromatic carbocycles. The molecule has 1 aromatic rings. The molecule has 2 unspecified atom stereocenters. The molecule has 0 fully saturated rings. The number of nitrogens with zero attached hydrogens (tertiary/aromatic N) is 1. The number of amides is 1. The zero-order valence-electron chi connectivity index (χ0n) is 11.6. The van der Waals surface area contributed by atoms with Gasteiger partial charge in [0.15, 0.2) is 0 Å². The second-order valence-corrected chi connectivity index (χ2v) is 5.63. The molecule has 2 atom stereocenters. The molecule has 18 heavy (non-hydrogen) atoms. The molecule has 0 aliphatic rings. The first kappa shape index (κ1) is 15.1. The summed E-state index contributed by atoms with van der Waals surface area (Å²) in [4.78, 5) is 16.2. The van der Waals surface area contributed by atoms with E-state index in [1.165, 1.54) is 0 Å². The van der Waals surface area contributed by atoms with Crippen LogP contribution in [0.25, 0.3) is 0 Å².